The summed E-state index contributed by atoms with van der Waals surface area (Å²) in [7, 11) is 1.72. The summed E-state index contributed by atoms with van der Waals surface area (Å²) in [6.45, 7) is 0.167. The Bertz CT molecular complexity index is 606. The van der Waals surface area contributed by atoms with Crippen LogP contribution < -0.4 is 10.6 Å². The van der Waals surface area contributed by atoms with Crippen molar-refractivity contribution in [3.63, 3.8) is 0 Å². The zero-order valence-corrected chi connectivity index (χ0v) is 10.8. The quantitative estimate of drug-likeness (QED) is 0.771. The lowest BCUT2D eigenvalue weighted by Crippen LogP contribution is -2.28. The lowest BCUT2D eigenvalue weighted by Gasteiger charge is -2.04. The molecule has 2 amide bonds. The fourth-order valence-corrected chi connectivity index (χ4v) is 2.12. The van der Waals surface area contributed by atoms with Crippen molar-refractivity contribution in [3.8, 4) is 0 Å². The van der Waals surface area contributed by atoms with E-state index in [0.29, 0.717) is 10.8 Å². The predicted molar refractivity (Wildman–Crippen MR) is 68.1 cm³/mol. The van der Waals surface area contributed by atoms with Gasteiger partial charge < -0.3 is 10.4 Å². The first-order valence-electron chi connectivity index (χ1n) is 5.26. The molecule has 2 rings (SSSR count). The summed E-state index contributed by atoms with van der Waals surface area (Å²) < 4.78 is 1.52. The number of aromatic carboxylic acids is 1. The number of thiophene rings is 1. The molecule has 0 atom stereocenters. The molecule has 100 valence electrons. The fourth-order valence-electron chi connectivity index (χ4n) is 1.35. The molecular formula is C10H11N5O3S. The molecule has 2 heterocycles. The van der Waals surface area contributed by atoms with E-state index >= 15 is 0 Å². The Balaban J connectivity index is 1.90. The van der Waals surface area contributed by atoms with Gasteiger partial charge in [-0.1, -0.05) is 0 Å². The SMILES string of the molecule is Cn1cnc(CNC(=O)Nc2sccc2C(=O)O)n1. The second-order valence-corrected chi connectivity index (χ2v) is 4.53. The van der Waals surface area contributed by atoms with Gasteiger partial charge in [-0.25, -0.2) is 14.6 Å². The van der Waals surface area contributed by atoms with Crippen molar-refractivity contribution < 1.29 is 14.7 Å². The third kappa shape index (κ3) is 3.28. The Kier molecular flexibility index (Phi) is 3.76. The molecule has 0 aliphatic heterocycles. The average molecular weight is 281 g/mol. The van der Waals surface area contributed by atoms with Crippen LogP contribution in [0.3, 0.4) is 0 Å². The van der Waals surface area contributed by atoms with Crippen LogP contribution in [-0.2, 0) is 13.6 Å². The Morgan fingerprint density at radius 1 is 1.53 bits per heavy atom. The molecule has 0 saturated carbocycles. The van der Waals surface area contributed by atoms with Crippen LogP contribution in [0.4, 0.5) is 9.80 Å². The molecule has 2 aromatic heterocycles. The van der Waals surface area contributed by atoms with Gasteiger partial charge in [0.05, 0.1) is 12.1 Å². The number of amides is 2. The lowest BCUT2D eigenvalue weighted by atomic mass is 10.3. The number of urea groups is 1. The van der Waals surface area contributed by atoms with Crippen molar-refractivity contribution in [2.75, 3.05) is 5.32 Å². The number of carboxylic acids is 1. The fraction of sp³-hybridized carbons (Fsp3) is 0.200. The standard InChI is InChI=1S/C10H11N5O3S/c1-15-5-12-7(14-15)4-11-10(18)13-8-6(9(16)17)2-3-19-8/h2-3,5H,4H2,1H3,(H,16,17)(H2,11,13,18). The third-order valence-corrected chi connectivity index (χ3v) is 3.01. The van der Waals surface area contributed by atoms with Crippen LogP contribution >= 0.6 is 11.3 Å². The molecule has 0 fully saturated rings. The van der Waals surface area contributed by atoms with Gasteiger partial charge in [0.15, 0.2) is 5.82 Å². The van der Waals surface area contributed by atoms with E-state index < -0.39 is 12.0 Å². The van der Waals surface area contributed by atoms with Gasteiger partial charge in [-0.3, -0.25) is 10.00 Å². The lowest BCUT2D eigenvalue weighted by molar-refractivity contribution is 0.0698. The molecular weight excluding hydrogens is 270 g/mol. The normalized spacial score (nSPS) is 10.2. The minimum Gasteiger partial charge on any atom is -0.478 e. The molecule has 8 nitrogen and oxygen atoms in total. The first-order chi connectivity index (χ1) is 9.06. The summed E-state index contributed by atoms with van der Waals surface area (Å²) in [6, 6.07) is 0.931. The van der Waals surface area contributed by atoms with Crippen LogP contribution in [-0.4, -0.2) is 31.9 Å². The van der Waals surface area contributed by atoms with E-state index in [1.165, 1.54) is 17.1 Å². The molecule has 2 aromatic rings. The third-order valence-electron chi connectivity index (χ3n) is 2.18. The first kappa shape index (κ1) is 13.0. The van der Waals surface area contributed by atoms with E-state index in [9.17, 15) is 9.59 Å². The van der Waals surface area contributed by atoms with E-state index in [2.05, 4.69) is 20.7 Å². The van der Waals surface area contributed by atoms with E-state index in [4.69, 9.17) is 5.11 Å². The van der Waals surface area contributed by atoms with Crippen LogP contribution in [0, 0.1) is 0 Å². The summed E-state index contributed by atoms with van der Waals surface area (Å²) in [5.74, 6) is -0.606. The van der Waals surface area contributed by atoms with Gasteiger partial charge in [0.1, 0.15) is 11.3 Å². The second kappa shape index (κ2) is 5.48. The van der Waals surface area contributed by atoms with Gasteiger partial charge in [0, 0.05) is 7.05 Å². The number of carboxylic acid groups (broad SMARTS) is 1. The molecule has 0 spiro atoms. The summed E-state index contributed by atoms with van der Waals surface area (Å²) in [5, 5.41) is 19.8. The van der Waals surface area contributed by atoms with Crippen LogP contribution in [0.5, 0.6) is 0 Å². The zero-order valence-electron chi connectivity index (χ0n) is 9.95. The van der Waals surface area contributed by atoms with Crippen LogP contribution in [0.1, 0.15) is 16.2 Å². The van der Waals surface area contributed by atoms with Gasteiger partial charge in [0.25, 0.3) is 0 Å². The molecule has 0 aliphatic carbocycles. The molecule has 9 heteroatoms. The molecule has 0 radical (unpaired) electrons. The zero-order chi connectivity index (χ0) is 13.8. The Hall–Kier alpha value is -2.42. The van der Waals surface area contributed by atoms with Crippen molar-refractivity contribution in [1.29, 1.82) is 0 Å². The number of aromatic nitrogens is 3. The highest BCUT2D eigenvalue weighted by molar-refractivity contribution is 7.14. The van der Waals surface area contributed by atoms with Crippen LogP contribution in [0.15, 0.2) is 17.8 Å². The van der Waals surface area contributed by atoms with Gasteiger partial charge >= 0.3 is 12.0 Å². The summed E-state index contributed by atoms with van der Waals surface area (Å²) >= 11 is 1.14. The van der Waals surface area contributed by atoms with Gasteiger partial charge in [-0.05, 0) is 11.4 Å². The molecule has 3 N–H and O–H groups in total. The van der Waals surface area contributed by atoms with Crippen molar-refractivity contribution in [1.82, 2.24) is 20.1 Å². The first-order valence-corrected chi connectivity index (χ1v) is 6.14. The van der Waals surface area contributed by atoms with Gasteiger partial charge in [-0.2, -0.15) is 5.10 Å². The number of hydrogen-bond acceptors (Lipinski definition) is 5. The van der Waals surface area contributed by atoms with E-state index in [1.807, 2.05) is 0 Å². The number of hydrogen-bond donors (Lipinski definition) is 3. The average Bonchev–Trinajstić information content (AvgIpc) is 2.95. The molecule has 0 aromatic carbocycles. The molecule has 0 unspecified atom stereocenters. The highest BCUT2D eigenvalue weighted by Crippen LogP contribution is 2.22. The number of carbonyl (C=O) groups excluding carboxylic acids is 1. The summed E-state index contributed by atoms with van der Waals surface area (Å²) in [5.41, 5.74) is 0.0658. The molecule has 0 saturated heterocycles. The highest BCUT2D eigenvalue weighted by Gasteiger charge is 2.13. The summed E-state index contributed by atoms with van der Waals surface area (Å²) in [4.78, 5) is 26.4. The molecule has 0 bridgehead atoms. The van der Waals surface area contributed by atoms with Crippen LogP contribution in [0.25, 0.3) is 0 Å². The number of rotatable bonds is 4. The molecule has 19 heavy (non-hydrogen) atoms. The Morgan fingerprint density at radius 3 is 2.95 bits per heavy atom. The van der Waals surface area contributed by atoms with Gasteiger partial charge in [-0.15, -0.1) is 11.3 Å². The number of carbonyl (C=O) groups is 2. The molecule has 0 aliphatic rings. The smallest absolute Gasteiger partial charge is 0.338 e. The number of anilines is 1. The maximum Gasteiger partial charge on any atom is 0.338 e. The number of nitrogens with zero attached hydrogens (tertiary/aromatic N) is 3. The highest BCUT2D eigenvalue weighted by atomic mass is 32.1. The van der Waals surface area contributed by atoms with Crippen molar-refractivity contribution in [3.05, 3.63) is 29.2 Å². The van der Waals surface area contributed by atoms with Crippen molar-refractivity contribution in [2.24, 2.45) is 7.05 Å². The van der Waals surface area contributed by atoms with E-state index in [-0.39, 0.29) is 12.1 Å². The van der Waals surface area contributed by atoms with Crippen molar-refractivity contribution in [2.45, 2.75) is 6.54 Å². The number of aryl methyl sites for hydroxylation is 1. The van der Waals surface area contributed by atoms with Crippen LogP contribution in [0.2, 0.25) is 0 Å². The Morgan fingerprint density at radius 2 is 2.32 bits per heavy atom. The minimum atomic E-state index is -1.08. The monoisotopic (exact) mass is 281 g/mol. The minimum absolute atomic E-state index is 0.0658. The topological polar surface area (TPSA) is 109 Å². The maximum atomic E-state index is 11.6. The van der Waals surface area contributed by atoms with E-state index in [0.717, 1.165) is 11.3 Å². The predicted octanol–water partition coefficient (Wildman–Crippen LogP) is 0.896. The Labute approximate surface area is 112 Å². The summed E-state index contributed by atoms with van der Waals surface area (Å²) in [6.07, 6.45) is 1.52. The number of nitrogens with one attached hydrogen (secondary N) is 2. The second-order valence-electron chi connectivity index (χ2n) is 3.61. The largest absolute Gasteiger partial charge is 0.478 e. The van der Waals surface area contributed by atoms with E-state index in [1.54, 1.807) is 12.4 Å². The maximum absolute atomic E-state index is 11.6. The van der Waals surface area contributed by atoms with Gasteiger partial charge in [0.2, 0.25) is 0 Å². The van der Waals surface area contributed by atoms with Crippen molar-refractivity contribution >= 4 is 28.3 Å².